The molecule has 1 aromatic heterocycles. The number of aliphatic imine (C=N–C) groups is 1. The molecule has 2 N–H and O–H groups in total. The highest BCUT2D eigenvalue weighted by Gasteiger charge is 2.09. The van der Waals surface area contributed by atoms with Crippen LogP contribution in [0, 0.1) is 0 Å². The Bertz CT molecular complexity index is 483. The number of nitrogens with one attached hydrogen (secondary N) is 2. The van der Waals surface area contributed by atoms with Gasteiger partial charge in [0.1, 0.15) is 0 Å². The molecule has 0 spiro atoms. The van der Waals surface area contributed by atoms with Gasteiger partial charge in [0, 0.05) is 44.4 Å². The Morgan fingerprint density at radius 1 is 1.25 bits per heavy atom. The van der Waals surface area contributed by atoms with Crippen LogP contribution in [0.3, 0.4) is 0 Å². The van der Waals surface area contributed by atoms with Gasteiger partial charge in [-0.15, -0.1) is 35.3 Å². The average molecular weight is 465 g/mol. The minimum Gasteiger partial charge on any atom is -0.356 e. The first-order valence-electron chi connectivity index (χ1n) is 8.80. The standard InChI is InChI=1S/C17H31N5S.HI/c1-14(2)16-21-15(13-23-16)7-8-19-17(18-3)20-9-12-22-10-5-4-6-11-22;/h13-14H,4-12H2,1-3H3,(H2,18,19,20);1H. The number of halogens is 1. The summed E-state index contributed by atoms with van der Waals surface area (Å²) in [5.41, 5.74) is 1.18. The highest BCUT2D eigenvalue weighted by Crippen LogP contribution is 2.19. The molecular formula is C17H32IN5S. The molecule has 7 heteroatoms. The van der Waals surface area contributed by atoms with Crippen molar-refractivity contribution in [2.24, 2.45) is 4.99 Å². The number of guanidine groups is 1. The van der Waals surface area contributed by atoms with Crippen LogP contribution in [0.4, 0.5) is 0 Å². The minimum absolute atomic E-state index is 0. The van der Waals surface area contributed by atoms with Crippen molar-refractivity contribution in [3.8, 4) is 0 Å². The largest absolute Gasteiger partial charge is 0.356 e. The molecule has 1 aromatic rings. The van der Waals surface area contributed by atoms with Gasteiger partial charge in [-0.2, -0.15) is 0 Å². The number of aromatic nitrogens is 1. The Labute approximate surface area is 167 Å². The second-order valence-corrected chi connectivity index (χ2v) is 7.30. The first kappa shape index (κ1) is 21.6. The molecule has 2 heterocycles. The maximum absolute atomic E-state index is 4.67. The lowest BCUT2D eigenvalue weighted by atomic mass is 10.1. The van der Waals surface area contributed by atoms with E-state index < -0.39 is 0 Å². The smallest absolute Gasteiger partial charge is 0.191 e. The fraction of sp³-hybridized carbons (Fsp3) is 0.765. The third kappa shape index (κ3) is 7.65. The molecule has 1 fully saturated rings. The Balaban J connectivity index is 0.00000288. The van der Waals surface area contributed by atoms with E-state index in [1.54, 1.807) is 11.3 Å². The van der Waals surface area contributed by atoms with Crippen LogP contribution in [0.5, 0.6) is 0 Å². The van der Waals surface area contributed by atoms with Crippen molar-refractivity contribution in [3.63, 3.8) is 0 Å². The molecule has 0 amide bonds. The van der Waals surface area contributed by atoms with Crippen molar-refractivity contribution in [1.82, 2.24) is 20.5 Å². The lowest BCUT2D eigenvalue weighted by Gasteiger charge is -2.26. The third-order valence-corrected chi connectivity index (χ3v) is 5.32. The molecule has 0 saturated carbocycles. The SMILES string of the molecule is CN=C(NCCc1csc(C(C)C)n1)NCCN1CCCCC1.I. The van der Waals surface area contributed by atoms with Crippen LogP contribution in [0.15, 0.2) is 10.4 Å². The molecule has 0 atom stereocenters. The number of hydrogen-bond donors (Lipinski definition) is 2. The third-order valence-electron chi connectivity index (χ3n) is 4.13. The summed E-state index contributed by atoms with van der Waals surface area (Å²) in [6.07, 6.45) is 5.02. The number of rotatable bonds is 7. The summed E-state index contributed by atoms with van der Waals surface area (Å²) >= 11 is 1.76. The second kappa shape index (κ2) is 12.0. The molecule has 0 bridgehead atoms. The fourth-order valence-electron chi connectivity index (χ4n) is 2.75. The minimum atomic E-state index is 0. The maximum Gasteiger partial charge on any atom is 0.191 e. The molecule has 0 aliphatic carbocycles. The predicted octanol–water partition coefficient (Wildman–Crippen LogP) is 3.08. The van der Waals surface area contributed by atoms with Crippen molar-refractivity contribution < 1.29 is 0 Å². The Morgan fingerprint density at radius 3 is 2.58 bits per heavy atom. The van der Waals surface area contributed by atoms with Crippen LogP contribution in [-0.2, 0) is 6.42 Å². The Kier molecular flexibility index (Phi) is 10.8. The molecule has 5 nitrogen and oxygen atoms in total. The van der Waals surface area contributed by atoms with E-state index in [0.29, 0.717) is 5.92 Å². The second-order valence-electron chi connectivity index (χ2n) is 6.41. The summed E-state index contributed by atoms with van der Waals surface area (Å²) in [5.74, 6) is 1.41. The van der Waals surface area contributed by atoms with Crippen molar-refractivity contribution >= 4 is 41.3 Å². The van der Waals surface area contributed by atoms with Crippen LogP contribution >= 0.6 is 35.3 Å². The van der Waals surface area contributed by atoms with Gasteiger partial charge in [0.15, 0.2) is 5.96 Å². The predicted molar refractivity (Wildman–Crippen MR) is 115 cm³/mol. The molecule has 0 radical (unpaired) electrons. The van der Waals surface area contributed by atoms with Crippen LogP contribution < -0.4 is 10.6 Å². The van der Waals surface area contributed by atoms with Gasteiger partial charge >= 0.3 is 0 Å². The van der Waals surface area contributed by atoms with Gasteiger partial charge in [0.2, 0.25) is 0 Å². The summed E-state index contributed by atoms with van der Waals surface area (Å²) in [6.45, 7) is 9.79. The van der Waals surface area contributed by atoms with Crippen molar-refractivity contribution in [1.29, 1.82) is 0 Å². The van der Waals surface area contributed by atoms with Crippen molar-refractivity contribution in [2.75, 3.05) is 39.8 Å². The zero-order valence-corrected chi connectivity index (χ0v) is 18.3. The number of hydrogen-bond acceptors (Lipinski definition) is 4. The highest BCUT2D eigenvalue weighted by molar-refractivity contribution is 14.0. The Morgan fingerprint density at radius 2 is 1.96 bits per heavy atom. The first-order valence-corrected chi connectivity index (χ1v) is 9.68. The summed E-state index contributed by atoms with van der Waals surface area (Å²) in [6, 6.07) is 0. The van der Waals surface area contributed by atoms with E-state index in [1.165, 1.54) is 43.1 Å². The molecule has 1 saturated heterocycles. The lowest BCUT2D eigenvalue weighted by molar-refractivity contribution is 0.232. The summed E-state index contributed by atoms with van der Waals surface area (Å²) in [4.78, 5) is 11.5. The number of thiazole rings is 1. The topological polar surface area (TPSA) is 52.6 Å². The monoisotopic (exact) mass is 465 g/mol. The molecule has 138 valence electrons. The molecule has 24 heavy (non-hydrogen) atoms. The van der Waals surface area contributed by atoms with Crippen molar-refractivity contribution in [2.45, 2.75) is 45.4 Å². The van der Waals surface area contributed by atoms with Gasteiger partial charge in [-0.25, -0.2) is 4.98 Å². The van der Waals surface area contributed by atoms with E-state index in [-0.39, 0.29) is 24.0 Å². The highest BCUT2D eigenvalue weighted by atomic mass is 127. The summed E-state index contributed by atoms with van der Waals surface area (Å²) in [5, 5.41) is 10.2. The average Bonchev–Trinajstić information content (AvgIpc) is 3.03. The molecule has 0 unspecified atom stereocenters. The normalized spacial score (nSPS) is 16.1. The number of likely N-dealkylation sites (tertiary alicyclic amines) is 1. The fourth-order valence-corrected chi connectivity index (χ4v) is 3.62. The molecular weight excluding hydrogens is 433 g/mol. The number of piperidine rings is 1. The summed E-state index contributed by atoms with van der Waals surface area (Å²) in [7, 11) is 1.83. The molecule has 1 aliphatic rings. The Hall–Kier alpha value is -0.410. The van der Waals surface area contributed by atoms with Gasteiger partial charge in [-0.1, -0.05) is 20.3 Å². The van der Waals surface area contributed by atoms with Crippen LogP contribution in [0.2, 0.25) is 0 Å². The van der Waals surface area contributed by atoms with E-state index in [4.69, 9.17) is 0 Å². The van der Waals surface area contributed by atoms with E-state index in [1.807, 2.05) is 7.05 Å². The van der Waals surface area contributed by atoms with Crippen molar-refractivity contribution in [3.05, 3.63) is 16.1 Å². The van der Waals surface area contributed by atoms with Gasteiger partial charge in [-0.3, -0.25) is 4.99 Å². The first-order chi connectivity index (χ1) is 11.2. The van der Waals surface area contributed by atoms with E-state index in [0.717, 1.165) is 32.0 Å². The van der Waals surface area contributed by atoms with Gasteiger partial charge in [0.05, 0.1) is 10.7 Å². The molecule has 2 rings (SSSR count). The van der Waals surface area contributed by atoms with Gasteiger partial charge in [0.25, 0.3) is 0 Å². The van der Waals surface area contributed by atoms with Gasteiger partial charge in [-0.05, 0) is 25.9 Å². The maximum atomic E-state index is 4.67. The van der Waals surface area contributed by atoms with E-state index >= 15 is 0 Å². The van der Waals surface area contributed by atoms with Crippen LogP contribution in [-0.4, -0.2) is 55.6 Å². The van der Waals surface area contributed by atoms with E-state index in [2.05, 4.69) is 44.7 Å². The summed E-state index contributed by atoms with van der Waals surface area (Å²) < 4.78 is 0. The number of nitrogens with zero attached hydrogens (tertiary/aromatic N) is 3. The quantitative estimate of drug-likeness (QED) is 0.369. The zero-order valence-electron chi connectivity index (χ0n) is 15.2. The van der Waals surface area contributed by atoms with Gasteiger partial charge < -0.3 is 15.5 Å². The lowest BCUT2D eigenvalue weighted by Crippen LogP contribution is -2.43. The molecule has 1 aliphatic heterocycles. The van der Waals surface area contributed by atoms with E-state index in [9.17, 15) is 0 Å². The van der Waals surface area contributed by atoms with Crippen LogP contribution in [0.1, 0.15) is 49.7 Å². The molecule has 0 aromatic carbocycles. The van der Waals surface area contributed by atoms with Crippen LogP contribution in [0.25, 0.3) is 0 Å². The zero-order chi connectivity index (χ0) is 16.5.